The van der Waals surface area contributed by atoms with Crippen LogP contribution in [0.25, 0.3) is 0 Å². The lowest BCUT2D eigenvalue weighted by molar-refractivity contribution is -0.195. The van der Waals surface area contributed by atoms with E-state index in [-0.39, 0.29) is 12.8 Å². The van der Waals surface area contributed by atoms with Gasteiger partial charge >= 0.3 is 23.9 Å². The highest BCUT2D eigenvalue weighted by molar-refractivity contribution is 5.92. The van der Waals surface area contributed by atoms with Crippen LogP contribution in [0.15, 0.2) is 0 Å². The number of esters is 1. The Bertz CT molecular complexity index is 631. The van der Waals surface area contributed by atoms with E-state index in [9.17, 15) is 34.5 Å². The van der Waals surface area contributed by atoms with Crippen molar-refractivity contribution in [1.82, 2.24) is 0 Å². The molecule has 0 saturated carbocycles. The Morgan fingerprint density at radius 3 is 1.66 bits per heavy atom. The highest BCUT2D eigenvalue weighted by Gasteiger charge is 2.54. The maximum atomic E-state index is 12.4. The fourth-order valence-corrected chi connectivity index (χ4v) is 4.37. The number of carboxylic acid groups (broad SMARTS) is 3. The molecule has 0 bridgehead atoms. The van der Waals surface area contributed by atoms with Crippen LogP contribution in [0.1, 0.15) is 130 Å². The van der Waals surface area contributed by atoms with Gasteiger partial charge in [-0.15, -0.1) is 0 Å². The number of hydrogen-bond donors (Lipinski definition) is 3. The molecule has 0 aliphatic rings. The normalized spacial score (nSPS) is 13.8. The van der Waals surface area contributed by atoms with Gasteiger partial charge in [0.1, 0.15) is 5.92 Å². The van der Waals surface area contributed by atoms with Crippen LogP contribution in [0, 0.1) is 11.8 Å². The van der Waals surface area contributed by atoms with Crippen LogP contribution in [0.4, 0.5) is 0 Å². The van der Waals surface area contributed by atoms with Gasteiger partial charge in [0, 0.05) is 6.42 Å². The Morgan fingerprint density at radius 2 is 1.20 bits per heavy atom. The molecule has 0 radical (unpaired) electrons. The summed E-state index contributed by atoms with van der Waals surface area (Å²) in [6.45, 7) is 6.49. The highest BCUT2D eigenvalue weighted by atomic mass is 16.6. The summed E-state index contributed by atoms with van der Waals surface area (Å²) < 4.78 is 5.19. The molecule has 0 aromatic carbocycles. The van der Waals surface area contributed by atoms with Crippen molar-refractivity contribution in [3.8, 4) is 0 Å². The molecule has 204 valence electrons. The van der Waals surface area contributed by atoms with Gasteiger partial charge in [-0.05, 0) is 18.8 Å². The van der Waals surface area contributed by atoms with E-state index < -0.39 is 41.8 Å². The minimum absolute atomic E-state index is 0.0624. The molecule has 35 heavy (non-hydrogen) atoms. The van der Waals surface area contributed by atoms with Crippen LogP contribution < -0.4 is 0 Å². The molecule has 0 heterocycles. The van der Waals surface area contributed by atoms with E-state index in [4.69, 9.17) is 4.74 Å². The number of ether oxygens (including phenoxy) is 1. The van der Waals surface area contributed by atoms with E-state index in [1.165, 1.54) is 25.7 Å². The lowest BCUT2D eigenvalue weighted by atomic mass is 9.80. The minimum Gasteiger partial charge on any atom is -0.481 e. The number of unbranched alkanes of at least 4 members (excludes halogenated alkanes) is 11. The predicted molar refractivity (Wildman–Crippen MR) is 134 cm³/mol. The fraction of sp³-hybridized carbons (Fsp3) is 0.852. The lowest BCUT2D eigenvalue weighted by Crippen LogP contribution is -2.54. The van der Waals surface area contributed by atoms with E-state index >= 15 is 0 Å². The molecular formula is C27H48O8. The van der Waals surface area contributed by atoms with Crippen LogP contribution in [-0.4, -0.2) is 44.8 Å². The van der Waals surface area contributed by atoms with E-state index in [2.05, 4.69) is 20.8 Å². The third kappa shape index (κ3) is 14.8. The van der Waals surface area contributed by atoms with Crippen molar-refractivity contribution in [3.63, 3.8) is 0 Å². The zero-order chi connectivity index (χ0) is 26.7. The fourth-order valence-electron chi connectivity index (χ4n) is 4.37. The minimum atomic E-state index is -2.62. The Morgan fingerprint density at radius 1 is 0.714 bits per heavy atom. The second kappa shape index (κ2) is 19.1. The molecule has 2 atom stereocenters. The van der Waals surface area contributed by atoms with Crippen molar-refractivity contribution in [1.29, 1.82) is 0 Å². The summed E-state index contributed by atoms with van der Waals surface area (Å²) in [4.78, 5) is 48.0. The molecule has 0 aromatic heterocycles. The zero-order valence-corrected chi connectivity index (χ0v) is 22.1. The Hall–Kier alpha value is -2.12. The number of carboxylic acids is 3. The largest absolute Gasteiger partial charge is 0.481 e. The summed E-state index contributed by atoms with van der Waals surface area (Å²) in [5.74, 6) is -6.49. The van der Waals surface area contributed by atoms with Crippen LogP contribution in [0.5, 0.6) is 0 Å². The summed E-state index contributed by atoms with van der Waals surface area (Å²) in [5, 5.41) is 29.0. The predicted octanol–water partition coefficient (Wildman–Crippen LogP) is 6.45. The van der Waals surface area contributed by atoms with E-state index in [1.807, 2.05) is 0 Å². The first-order valence-electron chi connectivity index (χ1n) is 13.5. The molecule has 0 amide bonds. The molecule has 8 nitrogen and oxygen atoms in total. The second-order valence-electron chi connectivity index (χ2n) is 10.1. The van der Waals surface area contributed by atoms with Gasteiger partial charge < -0.3 is 20.1 Å². The van der Waals surface area contributed by atoms with Gasteiger partial charge in [-0.25, -0.2) is 4.79 Å². The average Bonchev–Trinajstić information content (AvgIpc) is 2.76. The van der Waals surface area contributed by atoms with Crippen molar-refractivity contribution in [2.45, 2.75) is 136 Å². The van der Waals surface area contributed by atoms with Crippen molar-refractivity contribution in [2.75, 3.05) is 0 Å². The molecule has 0 aromatic rings. The summed E-state index contributed by atoms with van der Waals surface area (Å²) >= 11 is 0. The van der Waals surface area contributed by atoms with Crippen LogP contribution in [0.2, 0.25) is 0 Å². The molecule has 0 aliphatic carbocycles. The van der Waals surface area contributed by atoms with Gasteiger partial charge in [0.05, 0.1) is 6.42 Å². The summed E-state index contributed by atoms with van der Waals surface area (Å²) in [6.07, 6.45) is 12.0. The molecule has 0 fully saturated rings. The number of hydrogen-bond acceptors (Lipinski definition) is 5. The van der Waals surface area contributed by atoms with Crippen LogP contribution in [0.3, 0.4) is 0 Å². The topological polar surface area (TPSA) is 138 Å². The van der Waals surface area contributed by atoms with Crippen molar-refractivity contribution in [3.05, 3.63) is 0 Å². The maximum absolute atomic E-state index is 12.4. The van der Waals surface area contributed by atoms with Gasteiger partial charge in [0.25, 0.3) is 0 Å². The molecule has 0 rings (SSSR count). The summed E-state index contributed by atoms with van der Waals surface area (Å²) in [7, 11) is 0. The van der Waals surface area contributed by atoms with E-state index in [0.29, 0.717) is 19.3 Å². The SMILES string of the molecule is CCCCCCCC(=O)OC(CC(=O)O)(C(=O)O)C(CCCCCCCCCCC(C)C)C(=O)O. The van der Waals surface area contributed by atoms with Gasteiger partial charge in [-0.2, -0.15) is 0 Å². The van der Waals surface area contributed by atoms with Gasteiger partial charge in [-0.1, -0.05) is 104 Å². The highest BCUT2D eigenvalue weighted by Crippen LogP contribution is 2.33. The van der Waals surface area contributed by atoms with Crippen molar-refractivity contribution >= 4 is 23.9 Å². The van der Waals surface area contributed by atoms with Crippen LogP contribution in [-0.2, 0) is 23.9 Å². The van der Waals surface area contributed by atoms with Gasteiger partial charge in [-0.3, -0.25) is 14.4 Å². The lowest BCUT2D eigenvalue weighted by Gasteiger charge is -2.33. The van der Waals surface area contributed by atoms with Crippen molar-refractivity contribution in [2.24, 2.45) is 11.8 Å². The maximum Gasteiger partial charge on any atom is 0.349 e. The first kappa shape index (κ1) is 32.9. The quantitative estimate of drug-likeness (QED) is 0.107. The Balaban J connectivity index is 4.90. The molecular weight excluding hydrogens is 452 g/mol. The molecule has 3 N–H and O–H groups in total. The van der Waals surface area contributed by atoms with Crippen molar-refractivity contribution < 1.29 is 39.2 Å². The van der Waals surface area contributed by atoms with Gasteiger partial charge in [0.2, 0.25) is 5.60 Å². The summed E-state index contributed by atoms with van der Waals surface area (Å²) in [5.41, 5.74) is -2.62. The average molecular weight is 501 g/mol. The number of carbonyl (C=O) groups is 4. The zero-order valence-electron chi connectivity index (χ0n) is 22.1. The smallest absolute Gasteiger partial charge is 0.349 e. The molecule has 0 spiro atoms. The molecule has 2 unspecified atom stereocenters. The Labute approximate surface area is 210 Å². The molecule has 0 saturated heterocycles. The van der Waals surface area contributed by atoms with Gasteiger partial charge in [0.15, 0.2) is 0 Å². The first-order chi connectivity index (χ1) is 16.6. The van der Waals surface area contributed by atoms with E-state index in [1.54, 1.807) is 0 Å². The van der Waals surface area contributed by atoms with Crippen LogP contribution >= 0.6 is 0 Å². The molecule has 0 aliphatic heterocycles. The first-order valence-corrected chi connectivity index (χ1v) is 13.5. The second-order valence-corrected chi connectivity index (χ2v) is 10.1. The number of carbonyl (C=O) groups excluding carboxylic acids is 1. The molecule has 8 heteroatoms. The third-order valence-electron chi connectivity index (χ3n) is 6.44. The number of rotatable bonds is 23. The summed E-state index contributed by atoms with van der Waals surface area (Å²) in [6, 6.07) is 0. The monoisotopic (exact) mass is 500 g/mol. The Kier molecular flexibility index (Phi) is 18.0. The van der Waals surface area contributed by atoms with E-state index in [0.717, 1.165) is 50.9 Å². The third-order valence-corrected chi connectivity index (χ3v) is 6.44. The number of aliphatic carboxylic acids is 3. The standard InChI is InChI=1S/C27H48O8/c1-4-5-6-11-16-19-24(30)35-27(26(33)34,20-23(28)29)22(25(31)32)18-15-13-10-8-7-9-12-14-17-21(2)3/h21-22H,4-20H2,1-3H3,(H,28,29)(H,31,32)(H,33,34).